The van der Waals surface area contributed by atoms with Gasteiger partial charge in [0.25, 0.3) is 0 Å². The molecule has 0 aromatic heterocycles. The number of nitrogens with zero attached hydrogens (tertiary/aromatic N) is 2. The van der Waals surface area contributed by atoms with Gasteiger partial charge in [0.1, 0.15) is 12.6 Å². The van der Waals surface area contributed by atoms with E-state index < -0.39 is 17.6 Å². The van der Waals surface area contributed by atoms with Crippen molar-refractivity contribution in [3.8, 4) is 6.07 Å². The van der Waals surface area contributed by atoms with E-state index in [1.807, 2.05) is 6.92 Å². The van der Waals surface area contributed by atoms with Crippen LogP contribution in [0.4, 0.5) is 14.5 Å². The third-order valence-corrected chi connectivity index (χ3v) is 2.56. The number of anilines is 1. The molecule has 0 atom stereocenters. The van der Waals surface area contributed by atoms with Gasteiger partial charge in [-0.25, -0.2) is 8.78 Å². The fourth-order valence-corrected chi connectivity index (χ4v) is 1.64. The van der Waals surface area contributed by atoms with Crippen LogP contribution >= 0.6 is 0 Å². The molecule has 19 heavy (non-hydrogen) atoms. The number of nitriles is 1. The average Bonchev–Trinajstić information content (AvgIpc) is 2.41. The summed E-state index contributed by atoms with van der Waals surface area (Å²) >= 11 is 0. The molecule has 0 saturated heterocycles. The van der Waals surface area contributed by atoms with E-state index in [-0.39, 0.29) is 17.8 Å². The predicted octanol–water partition coefficient (Wildman–Crippen LogP) is 2.23. The molecule has 0 aliphatic heterocycles. The molecule has 0 aliphatic carbocycles. The molecule has 1 rings (SSSR count). The number of methoxy groups -OCH3 is 1. The molecule has 1 aromatic carbocycles. The Bertz CT molecular complexity index is 512. The van der Waals surface area contributed by atoms with Crippen LogP contribution in [0.3, 0.4) is 0 Å². The van der Waals surface area contributed by atoms with Gasteiger partial charge in [-0.3, -0.25) is 4.79 Å². The number of carbonyl (C=O) groups is 1. The first-order chi connectivity index (χ1) is 9.04. The molecule has 0 aliphatic rings. The van der Waals surface area contributed by atoms with Gasteiger partial charge < -0.3 is 9.64 Å². The van der Waals surface area contributed by atoms with Gasteiger partial charge in [0.15, 0.2) is 11.6 Å². The number of benzene rings is 1. The lowest BCUT2D eigenvalue weighted by Crippen LogP contribution is -2.32. The fraction of sp³-hybridized carbons (Fsp3) is 0.385. The third kappa shape index (κ3) is 3.41. The lowest BCUT2D eigenvalue weighted by molar-refractivity contribution is -0.138. The molecule has 1 aromatic rings. The first kappa shape index (κ1) is 14.9. The van der Waals surface area contributed by atoms with Crippen molar-refractivity contribution in [2.75, 3.05) is 25.1 Å². The molecular weight excluding hydrogens is 254 g/mol. The Morgan fingerprint density at radius 2 is 2.11 bits per heavy atom. The molecule has 4 nitrogen and oxygen atoms in total. The number of halogens is 2. The first-order valence-corrected chi connectivity index (χ1v) is 5.75. The molecule has 0 bridgehead atoms. The van der Waals surface area contributed by atoms with Gasteiger partial charge in [-0.2, -0.15) is 5.26 Å². The van der Waals surface area contributed by atoms with Gasteiger partial charge in [0.2, 0.25) is 0 Å². The van der Waals surface area contributed by atoms with Crippen molar-refractivity contribution in [3.05, 3.63) is 29.3 Å². The zero-order valence-corrected chi connectivity index (χ0v) is 10.7. The molecule has 0 spiro atoms. The fourth-order valence-electron chi connectivity index (χ4n) is 1.64. The van der Waals surface area contributed by atoms with Gasteiger partial charge in [0, 0.05) is 6.54 Å². The highest BCUT2D eigenvalue weighted by atomic mass is 19.2. The van der Waals surface area contributed by atoms with Crippen LogP contribution in [0.5, 0.6) is 0 Å². The summed E-state index contributed by atoms with van der Waals surface area (Å²) in [6.07, 6.45) is 0.651. The maximum absolute atomic E-state index is 13.9. The van der Waals surface area contributed by atoms with Crippen molar-refractivity contribution < 1.29 is 18.3 Å². The molecule has 6 heteroatoms. The van der Waals surface area contributed by atoms with Crippen molar-refractivity contribution in [2.24, 2.45) is 0 Å². The van der Waals surface area contributed by atoms with Crippen LogP contribution in [0.25, 0.3) is 0 Å². The summed E-state index contributed by atoms with van der Waals surface area (Å²) in [4.78, 5) is 12.6. The second-order valence-electron chi connectivity index (χ2n) is 3.87. The zero-order valence-electron chi connectivity index (χ0n) is 10.7. The Hall–Kier alpha value is -2.16. The topological polar surface area (TPSA) is 53.3 Å². The van der Waals surface area contributed by atoms with E-state index in [1.165, 1.54) is 24.1 Å². The Morgan fingerprint density at radius 1 is 1.42 bits per heavy atom. The van der Waals surface area contributed by atoms with Crippen LogP contribution in [-0.4, -0.2) is 26.2 Å². The summed E-state index contributed by atoms with van der Waals surface area (Å²) in [5.41, 5.74) is -0.417. The van der Waals surface area contributed by atoms with Crippen LogP contribution in [0.2, 0.25) is 0 Å². The molecule has 0 fully saturated rings. The second kappa shape index (κ2) is 6.69. The first-order valence-electron chi connectivity index (χ1n) is 5.75. The van der Waals surface area contributed by atoms with E-state index in [4.69, 9.17) is 5.26 Å². The van der Waals surface area contributed by atoms with Gasteiger partial charge >= 0.3 is 5.97 Å². The van der Waals surface area contributed by atoms with Crippen molar-refractivity contribution in [3.63, 3.8) is 0 Å². The summed E-state index contributed by atoms with van der Waals surface area (Å²) in [5, 5.41) is 8.61. The van der Waals surface area contributed by atoms with E-state index in [0.717, 1.165) is 0 Å². The Balaban J connectivity index is 3.13. The van der Waals surface area contributed by atoms with Gasteiger partial charge in [-0.15, -0.1) is 0 Å². The summed E-state index contributed by atoms with van der Waals surface area (Å²) in [5.74, 6) is -2.88. The zero-order chi connectivity index (χ0) is 14.4. The number of hydrogen-bond acceptors (Lipinski definition) is 4. The molecule has 0 saturated carbocycles. The Labute approximate surface area is 110 Å². The van der Waals surface area contributed by atoms with Crippen LogP contribution in [0, 0.1) is 23.0 Å². The van der Waals surface area contributed by atoms with E-state index in [1.54, 1.807) is 6.07 Å². The van der Waals surface area contributed by atoms with Gasteiger partial charge in [-0.1, -0.05) is 6.92 Å². The number of esters is 1. The summed E-state index contributed by atoms with van der Waals surface area (Å²) in [7, 11) is 1.22. The summed E-state index contributed by atoms with van der Waals surface area (Å²) in [6, 6.07) is 4.04. The van der Waals surface area contributed by atoms with Crippen molar-refractivity contribution in [1.82, 2.24) is 0 Å². The molecule has 0 radical (unpaired) electrons. The summed E-state index contributed by atoms with van der Waals surface area (Å²) in [6.45, 7) is 2.05. The molecule has 102 valence electrons. The molecular formula is C13H14F2N2O2. The maximum atomic E-state index is 13.9. The van der Waals surface area contributed by atoms with E-state index in [2.05, 4.69) is 4.74 Å². The predicted molar refractivity (Wildman–Crippen MR) is 65.6 cm³/mol. The monoisotopic (exact) mass is 268 g/mol. The lowest BCUT2D eigenvalue weighted by atomic mass is 10.1. The summed E-state index contributed by atoms with van der Waals surface area (Å²) < 4.78 is 31.9. The van der Waals surface area contributed by atoms with Gasteiger partial charge in [-0.05, 0) is 18.6 Å². The van der Waals surface area contributed by atoms with Crippen LogP contribution in [0.15, 0.2) is 12.1 Å². The minimum Gasteiger partial charge on any atom is -0.468 e. The standard InChI is InChI=1S/C13H14F2N2O2/c1-3-6-17(8-11(18)19-2)10-5-4-9(7-16)12(14)13(10)15/h4-5H,3,6,8H2,1-2H3. The number of carbonyl (C=O) groups excluding carboxylic acids is 1. The van der Waals surface area contributed by atoms with Crippen molar-refractivity contribution >= 4 is 11.7 Å². The van der Waals surface area contributed by atoms with Crippen molar-refractivity contribution in [2.45, 2.75) is 13.3 Å². The molecule has 0 amide bonds. The number of hydrogen-bond donors (Lipinski definition) is 0. The van der Waals surface area contributed by atoms with E-state index >= 15 is 0 Å². The Morgan fingerprint density at radius 3 is 2.63 bits per heavy atom. The van der Waals surface area contributed by atoms with Crippen molar-refractivity contribution in [1.29, 1.82) is 5.26 Å². The third-order valence-electron chi connectivity index (χ3n) is 2.56. The minimum atomic E-state index is -1.20. The minimum absolute atomic E-state index is 0.0521. The smallest absolute Gasteiger partial charge is 0.325 e. The SMILES string of the molecule is CCCN(CC(=O)OC)c1ccc(C#N)c(F)c1F. The second-order valence-corrected chi connectivity index (χ2v) is 3.87. The van der Waals surface area contributed by atoms with Gasteiger partial charge in [0.05, 0.1) is 18.4 Å². The van der Waals surface area contributed by atoms with Crippen LogP contribution in [-0.2, 0) is 9.53 Å². The Kier molecular flexibility index (Phi) is 5.24. The maximum Gasteiger partial charge on any atom is 0.325 e. The van der Waals surface area contributed by atoms with E-state index in [0.29, 0.717) is 13.0 Å². The highest BCUT2D eigenvalue weighted by molar-refractivity contribution is 5.75. The highest BCUT2D eigenvalue weighted by Gasteiger charge is 2.19. The molecule has 0 N–H and O–H groups in total. The normalized spacial score (nSPS) is 9.84. The molecule has 0 unspecified atom stereocenters. The molecule has 0 heterocycles. The average molecular weight is 268 g/mol. The highest BCUT2D eigenvalue weighted by Crippen LogP contribution is 2.24. The lowest BCUT2D eigenvalue weighted by Gasteiger charge is -2.23. The number of ether oxygens (including phenoxy) is 1. The van der Waals surface area contributed by atoms with Crippen LogP contribution in [0.1, 0.15) is 18.9 Å². The van der Waals surface area contributed by atoms with Crippen LogP contribution < -0.4 is 4.90 Å². The largest absolute Gasteiger partial charge is 0.468 e. The number of rotatable bonds is 5. The van der Waals surface area contributed by atoms with E-state index in [9.17, 15) is 13.6 Å². The quantitative estimate of drug-likeness (QED) is 0.768.